The van der Waals surface area contributed by atoms with Gasteiger partial charge < -0.3 is 15.2 Å². The van der Waals surface area contributed by atoms with Gasteiger partial charge in [-0.25, -0.2) is 9.59 Å². The van der Waals surface area contributed by atoms with Crippen molar-refractivity contribution in [3.05, 3.63) is 22.7 Å². The highest BCUT2D eigenvalue weighted by Gasteiger charge is 2.20. The number of hydrogen-bond donors (Lipinski definition) is 3. The van der Waals surface area contributed by atoms with Gasteiger partial charge in [0, 0.05) is 6.92 Å². The van der Waals surface area contributed by atoms with Gasteiger partial charge in [-0.1, -0.05) is 11.6 Å². The molecule has 120 valence electrons. The fraction of sp³-hybridized carbons (Fsp3) is 0.357. The summed E-state index contributed by atoms with van der Waals surface area (Å²) in [4.78, 5) is 34.0. The van der Waals surface area contributed by atoms with Gasteiger partial charge in [-0.2, -0.15) is 0 Å². The number of ether oxygens (including phenoxy) is 1. The predicted octanol–water partition coefficient (Wildman–Crippen LogP) is 3.34. The lowest BCUT2D eigenvalue weighted by Gasteiger charge is -2.20. The number of rotatable bonds is 3. The maximum absolute atomic E-state index is 11.7. The molecule has 7 nitrogen and oxygen atoms in total. The Labute approximate surface area is 132 Å². The highest BCUT2D eigenvalue weighted by atomic mass is 35.5. The van der Waals surface area contributed by atoms with E-state index in [0.29, 0.717) is 0 Å². The summed E-state index contributed by atoms with van der Waals surface area (Å²) in [6, 6.07) is 2.40. The normalized spacial score (nSPS) is 10.8. The first kappa shape index (κ1) is 17.8. The van der Waals surface area contributed by atoms with Crippen LogP contribution in [0, 0.1) is 0 Å². The minimum atomic E-state index is -1.27. The Kier molecular flexibility index (Phi) is 5.38. The summed E-state index contributed by atoms with van der Waals surface area (Å²) in [7, 11) is 0. The number of carbonyl (C=O) groups excluding carboxylic acids is 2. The molecule has 0 aliphatic rings. The number of halogens is 1. The second kappa shape index (κ2) is 6.65. The highest BCUT2D eigenvalue weighted by Crippen LogP contribution is 2.30. The van der Waals surface area contributed by atoms with Gasteiger partial charge in [0.15, 0.2) is 0 Å². The van der Waals surface area contributed by atoms with Crippen molar-refractivity contribution in [3.63, 3.8) is 0 Å². The molecule has 0 fully saturated rings. The molecule has 0 bridgehead atoms. The maximum atomic E-state index is 11.7. The van der Waals surface area contributed by atoms with Crippen molar-refractivity contribution in [3.8, 4) is 0 Å². The Morgan fingerprint density at radius 2 is 1.73 bits per heavy atom. The van der Waals surface area contributed by atoms with Gasteiger partial charge >= 0.3 is 12.1 Å². The lowest BCUT2D eigenvalue weighted by molar-refractivity contribution is -0.114. The summed E-state index contributed by atoms with van der Waals surface area (Å²) in [5.74, 6) is -1.71. The van der Waals surface area contributed by atoms with Gasteiger partial charge in [-0.05, 0) is 32.9 Å². The first-order chi connectivity index (χ1) is 9.99. The van der Waals surface area contributed by atoms with Crippen molar-refractivity contribution < 1.29 is 24.2 Å². The van der Waals surface area contributed by atoms with E-state index in [0.717, 1.165) is 6.07 Å². The molecule has 0 aliphatic heterocycles. The number of carbonyl (C=O) groups is 3. The zero-order valence-electron chi connectivity index (χ0n) is 12.6. The minimum Gasteiger partial charge on any atom is -0.478 e. The molecule has 0 spiro atoms. The first-order valence-corrected chi connectivity index (χ1v) is 6.72. The Bertz CT molecular complexity index is 622. The first-order valence-electron chi connectivity index (χ1n) is 6.34. The molecule has 1 aromatic rings. The summed E-state index contributed by atoms with van der Waals surface area (Å²) < 4.78 is 5.07. The molecule has 3 N–H and O–H groups in total. The van der Waals surface area contributed by atoms with E-state index in [4.69, 9.17) is 16.3 Å². The van der Waals surface area contributed by atoms with E-state index in [1.165, 1.54) is 13.0 Å². The predicted molar refractivity (Wildman–Crippen MR) is 82.6 cm³/mol. The Balaban J connectivity index is 3.12. The molecule has 0 atom stereocenters. The Morgan fingerprint density at radius 3 is 2.18 bits per heavy atom. The van der Waals surface area contributed by atoms with Crippen molar-refractivity contribution in [2.45, 2.75) is 33.3 Å². The summed E-state index contributed by atoms with van der Waals surface area (Å²) in [6.07, 6.45) is -0.766. The van der Waals surface area contributed by atoms with Crippen LogP contribution in [0.2, 0.25) is 5.02 Å². The van der Waals surface area contributed by atoms with E-state index in [2.05, 4.69) is 10.6 Å². The average Bonchev–Trinajstić information content (AvgIpc) is 2.28. The zero-order chi connectivity index (χ0) is 17.1. The number of benzene rings is 1. The number of amides is 2. The quantitative estimate of drug-likeness (QED) is 0.789. The van der Waals surface area contributed by atoms with Crippen LogP contribution in [0.25, 0.3) is 0 Å². The second-order valence-electron chi connectivity index (χ2n) is 5.49. The number of hydrogen-bond acceptors (Lipinski definition) is 4. The van der Waals surface area contributed by atoms with Crippen LogP contribution in [-0.2, 0) is 9.53 Å². The molecule has 0 aliphatic carbocycles. The average molecular weight is 329 g/mol. The summed E-state index contributed by atoms with van der Waals surface area (Å²) in [5.41, 5.74) is -0.796. The molecule has 0 saturated carbocycles. The van der Waals surface area contributed by atoms with Crippen LogP contribution >= 0.6 is 11.6 Å². The topological polar surface area (TPSA) is 105 Å². The van der Waals surface area contributed by atoms with Crippen LogP contribution in [-0.4, -0.2) is 28.7 Å². The van der Waals surface area contributed by atoms with E-state index in [1.54, 1.807) is 20.8 Å². The molecule has 0 unspecified atom stereocenters. The number of aromatic carboxylic acids is 1. The number of anilines is 2. The summed E-state index contributed by atoms with van der Waals surface area (Å²) in [6.45, 7) is 6.32. The van der Waals surface area contributed by atoms with Gasteiger partial charge in [0.05, 0.1) is 22.0 Å². The third-order valence-electron chi connectivity index (χ3n) is 2.28. The molecule has 0 aromatic heterocycles. The number of carboxylic acids is 1. The smallest absolute Gasteiger partial charge is 0.412 e. The van der Waals surface area contributed by atoms with Crippen LogP contribution < -0.4 is 10.6 Å². The number of nitrogens with one attached hydrogen (secondary N) is 2. The van der Waals surface area contributed by atoms with E-state index in [9.17, 15) is 19.5 Å². The fourth-order valence-electron chi connectivity index (χ4n) is 1.55. The van der Waals surface area contributed by atoms with E-state index >= 15 is 0 Å². The molecular formula is C14H17ClN2O5. The molecule has 22 heavy (non-hydrogen) atoms. The van der Waals surface area contributed by atoms with E-state index < -0.39 is 23.6 Å². The van der Waals surface area contributed by atoms with E-state index in [1.807, 2.05) is 0 Å². The summed E-state index contributed by atoms with van der Waals surface area (Å²) in [5, 5.41) is 14.0. The Morgan fingerprint density at radius 1 is 1.14 bits per heavy atom. The van der Waals surface area contributed by atoms with Crippen LogP contribution in [0.4, 0.5) is 16.2 Å². The maximum Gasteiger partial charge on any atom is 0.412 e. The third-order valence-corrected chi connectivity index (χ3v) is 2.60. The van der Waals surface area contributed by atoms with Crippen molar-refractivity contribution in [1.82, 2.24) is 0 Å². The lowest BCUT2D eigenvalue weighted by Crippen LogP contribution is -2.27. The molecule has 1 rings (SSSR count). The van der Waals surface area contributed by atoms with Gasteiger partial charge in [0.25, 0.3) is 0 Å². The monoisotopic (exact) mass is 328 g/mol. The van der Waals surface area contributed by atoms with Crippen molar-refractivity contribution in [2.24, 2.45) is 0 Å². The van der Waals surface area contributed by atoms with Crippen molar-refractivity contribution in [1.29, 1.82) is 0 Å². The standard InChI is InChI=1S/C14H17ClN2O5/c1-7(18)16-10-6-9(15)11(5-8(10)12(19)20)17-13(21)22-14(2,3)4/h5-6H,1-4H3,(H,16,18)(H,17,21)(H,19,20). The fourth-order valence-corrected chi connectivity index (χ4v) is 1.76. The molecule has 2 amide bonds. The minimum absolute atomic E-state index is 0.0414. The SMILES string of the molecule is CC(=O)Nc1cc(Cl)c(NC(=O)OC(C)(C)C)cc1C(=O)O. The van der Waals surface area contributed by atoms with Crippen LogP contribution in [0.15, 0.2) is 12.1 Å². The molecule has 8 heteroatoms. The molecule has 1 aromatic carbocycles. The summed E-state index contributed by atoms with van der Waals surface area (Å²) >= 11 is 5.99. The van der Waals surface area contributed by atoms with Crippen molar-refractivity contribution >= 4 is 40.9 Å². The van der Waals surface area contributed by atoms with Gasteiger partial charge in [-0.15, -0.1) is 0 Å². The van der Waals surface area contributed by atoms with Gasteiger partial charge in [0.1, 0.15) is 5.60 Å². The number of carboxylic acid groups (broad SMARTS) is 1. The molecular weight excluding hydrogens is 312 g/mol. The second-order valence-corrected chi connectivity index (χ2v) is 5.90. The van der Waals surface area contributed by atoms with E-state index in [-0.39, 0.29) is 22.0 Å². The van der Waals surface area contributed by atoms with Crippen molar-refractivity contribution in [2.75, 3.05) is 10.6 Å². The zero-order valence-corrected chi connectivity index (χ0v) is 13.4. The van der Waals surface area contributed by atoms with Gasteiger partial charge in [-0.3, -0.25) is 10.1 Å². The van der Waals surface area contributed by atoms with Crippen LogP contribution in [0.3, 0.4) is 0 Å². The van der Waals surface area contributed by atoms with Crippen LogP contribution in [0.1, 0.15) is 38.1 Å². The Hall–Kier alpha value is -2.28. The highest BCUT2D eigenvalue weighted by molar-refractivity contribution is 6.34. The van der Waals surface area contributed by atoms with Crippen LogP contribution in [0.5, 0.6) is 0 Å². The lowest BCUT2D eigenvalue weighted by atomic mass is 10.1. The third kappa shape index (κ3) is 5.25. The molecule has 0 radical (unpaired) electrons. The molecule has 0 saturated heterocycles. The van der Waals surface area contributed by atoms with Gasteiger partial charge in [0.2, 0.25) is 5.91 Å². The largest absolute Gasteiger partial charge is 0.478 e. The molecule has 0 heterocycles.